The molecule has 0 atom stereocenters. The largest absolute Gasteiger partial charge is 0.506 e. The predicted octanol–water partition coefficient (Wildman–Crippen LogP) is 4.71. The van der Waals surface area contributed by atoms with Gasteiger partial charge >= 0.3 is 0 Å². The van der Waals surface area contributed by atoms with Crippen LogP contribution in [0, 0.1) is 0 Å². The number of guanidine groups is 1. The zero-order valence-electron chi connectivity index (χ0n) is 10.0. The number of rotatable bonds is 1. The number of nitrogens with zero attached hydrogens (tertiary/aromatic N) is 1. The molecule has 1 heterocycles. The van der Waals surface area contributed by atoms with Gasteiger partial charge in [-0.25, -0.2) is 0 Å². The van der Waals surface area contributed by atoms with Crippen LogP contribution in [0.3, 0.4) is 0 Å². The minimum Gasteiger partial charge on any atom is -0.506 e. The minimum atomic E-state index is 0.137. The second-order valence-electron chi connectivity index (χ2n) is 4.03. The van der Waals surface area contributed by atoms with Crippen molar-refractivity contribution in [2.75, 3.05) is 10.6 Å². The zero-order chi connectivity index (χ0) is 14.1. The Morgan fingerprint density at radius 1 is 1.25 bits per heavy atom. The average molecular weight is 371 g/mol. The van der Waals surface area contributed by atoms with Gasteiger partial charge in [0.1, 0.15) is 11.4 Å². The van der Waals surface area contributed by atoms with Crippen molar-refractivity contribution in [1.29, 1.82) is 0 Å². The van der Waals surface area contributed by atoms with Crippen molar-refractivity contribution in [2.45, 2.75) is 4.90 Å². The summed E-state index contributed by atoms with van der Waals surface area (Å²) in [4.78, 5) is 0.712. The Labute approximate surface area is 133 Å². The maximum absolute atomic E-state index is 9.89. The maximum Gasteiger partial charge on any atom is 0.212 e. The number of aromatic hydroxyl groups is 1. The molecule has 1 aliphatic rings. The molecule has 0 unspecified atom stereocenters. The molecule has 0 radical (unpaired) electrons. The fourth-order valence-electron chi connectivity index (χ4n) is 1.73. The molecule has 0 fully saturated rings. The zero-order valence-corrected chi connectivity index (χ0v) is 13.2. The summed E-state index contributed by atoms with van der Waals surface area (Å²) in [5, 5.41) is 16.6. The molecule has 0 saturated carbocycles. The second-order valence-corrected chi connectivity index (χ2v) is 6.07. The van der Waals surface area contributed by atoms with E-state index >= 15 is 0 Å². The molecule has 0 aromatic heterocycles. The molecule has 3 N–H and O–H groups in total. The number of hydrogen-bond donors (Lipinski definition) is 3. The monoisotopic (exact) mass is 369 g/mol. The van der Waals surface area contributed by atoms with Gasteiger partial charge in [0.05, 0.1) is 15.6 Å². The van der Waals surface area contributed by atoms with Gasteiger partial charge in [-0.3, -0.25) is 0 Å². The van der Waals surface area contributed by atoms with E-state index in [9.17, 15) is 5.11 Å². The quantitative estimate of drug-likeness (QED) is 0.503. The Morgan fingerprint density at radius 2 is 2.05 bits per heavy atom. The highest BCUT2D eigenvalue weighted by atomic mass is 79.9. The first kappa shape index (κ1) is 13.6. The van der Waals surface area contributed by atoms with Gasteiger partial charge in [-0.2, -0.15) is 4.40 Å². The first-order valence-electron chi connectivity index (χ1n) is 5.70. The summed E-state index contributed by atoms with van der Waals surface area (Å²) in [6.07, 6.45) is 0. The molecule has 0 saturated heterocycles. The van der Waals surface area contributed by atoms with Crippen molar-refractivity contribution in [3.8, 4) is 5.75 Å². The van der Waals surface area contributed by atoms with Crippen LogP contribution in [0.5, 0.6) is 5.75 Å². The highest BCUT2D eigenvalue weighted by Gasteiger charge is 2.19. The van der Waals surface area contributed by atoms with Crippen LogP contribution in [0.2, 0.25) is 5.02 Å². The molecule has 4 nitrogen and oxygen atoms in total. The van der Waals surface area contributed by atoms with Gasteiger partial charge in [-0.05, 0) is 40.2 Å². The van der Waals surface area contributed by atoms with Gasteiger partial charge in [-0.1, -0.05) is 23.7 Å². The molecule has 2 aromatic carbocycles. The van der Waals surface area contributed by atoms with Crippen LogP contribution < -0.4 is 10.6 Å². The number of hydrogen-bond acceptors (Lipinski definition) is 5. The summed E-state index contributed by atoms with van der Waals surface area (Å²) in [5.41, 5.74) is 1.44. The number of phenols is 1. The van der Waals surface area contributed by atoms with E-state index < -0.39 is 0 Å². The average Bonchev–Trinajstić information content (AvgIpc) is 2.46. The molecule has 3 rings (SSSR count). The number of phenolic OH excluding ortho intramolecular Hbond substituents is 1. The molecule has 20 heavy (non-hydrogen) atoms. The Hall–Kier alpha value is -1.37. The summed E-state index contributed by atoms with van der Waals surface area (Å²) < 4.78 is 5.23. The van der Waals surface area contributed by atoms with Gasteiger partial charge in [0.2, 0.25) is 5.96 Å². The van der Waals surface area contributed by atoms with Crippen LogP contribution in [0.1, 0.15) is 0 Å². The number of anilines is 2. The lowest BCUT2D eigenvalue weighted by molar-refractivity contribution is 0.476. The van der Waals surface area contributed by atoms with Crippen molar-refractivity contribution in [1.82, 2.24) is 0 Å². The molecule has 0 amide bonds. The van der Waals surface area contributed by atoms with E-state index in [2.05, 4.69) is 31.0 Å². The van der Waals surface area contributed by atoms with Gasteiger partial charge in [0.15, 0.2) is 0 Å². The molecule has 2 aromatic rings. The summed E-state index contributed by atoms with van der Waals surface area (Å²) in [6, 6.07) is 10.9. The van der Waals surface area contributed by atoms with Crippen LogP contribution in [0.15, 0.2) is 50.2 Å². The van der Waals surface area contributed by atoms with E-state index in [0.717, 1.165) is 10.2 Å². The smallest absolute Gasteiger partial charge is 0.212 e. The first-order valence-corrected chi connectivity index (χ1v) is 7.64. The summed E-state index contributed by atoms with van der Waals surface area (Å²) in [6.45, 7) is 0. The van der Waals surface area contributed by atoms with E-state index in [1.54, 1.807) is 12.1 Å². The Morgan fingerprint density at radius 3 is 2.85 bits per heavy atom. The fourth-order valence-corrected chi connectivity index (χ4v) is 3.05. The van der Waals surface area contributed by atoms with Crippen LogP contribution in [0.4, 0.5) is 11.4 Å². The van der Waals surface area contributed by atoms with Gasteiger partial charge < -0.3 is 15.7 Å². The Kier molecular flexibility index (Phi) is 3.78. The van der Waals surface area contributed by atoms with E-state index in [1.807, 2.05) is 24.3 Å². The lowest BCUT2D eigenvalue weighted by Gasteiger charge is -2.20. The molecule has 0 bridgehead atoms. The molecule has 1 aliphatic heterocycles. The van der Waals surface area contributed by atoms with Crippen molar-refractivity contribution in [3.63, 3.8) is 0 Å². The fraction of sp³-hybridized carbons (Fsp3) is 0. The summed E-state index contributed by atoms with van der Waals surface area (Å²) in [5.74, 6) is 0.671. The number of nitrogens with one attached hydrogen (secondary N) is 2. The first-order chi connectivity index (χ1) is 9.65. The topological polar surface area (TPSA) is 56.6 Å². The highest BCUT2D eigenvalue weighted by Crippen LogP contribution is 2.43. The van der Waals surface area contributed by atoms with Crippen LogP contribution in [0.25, 0.3) is 0 Å². The summed E-state index contributed by atoms with van der Waals surface area (Å²) in [7, 11) is 0. The van der Waals surface area contributed by atoms with E-state index in [1.165, 1.54) is 11.9 Å². The standard InChI is InChI=1S/C13H9BrClN3OS/c14-7-3-1-2-4-9(7)16-13-17-11-10(19)6-5-8(15)12(11)20-18-13/h1-6,19H,(H2,16,17,18). The number of fused-ring (bicyclic) bond motifs is 1. The van der Waals surface area contributed by atoms with Crippen LogP contribution >= 0.6 is 39.5 Å². The van der Waals surface area contributed by atoms with E-state index in [0.29, 0.717) is 21.6 Å². The minimum absolute atomic E-state index is 0.137. The van der Waals surface area contributed by atoms with E-state index in [4.69, 9.17) is 11.6 Å². The number of benzene rings is 2. The second kappa shape index (κ2) is 5.55. The third kappa shape index (κ3) is 2.59. The summed E-state index contributed by atoms with van der Waals surface area (Å²) >= 11 is 10.8. The Bertz CT molecular complexity index is 708. The van der Waals surface area contributed by atoms with Crippen molar-refractivity contribution < 1.29 is 5.11 Å². The van der Waals surface area contributed by atoms with Crippen LogP contribution in [-0.4, -0.2) is 11.1 Å². The molecule has 102 valence electrons. The predicted molar refractivity (Wildman–Crippen MR) is 87.8 cm³/mol. The Balaban J connectivity index is 1.87. The van der Waals surface area contributed by atoms with Gasteiger partial charge in [0.25, 0.3) is 0 Å². The maximum atomic E-state index is 9.89. The number of para-hydroxylation sites is 1. The SMILES string of the molecule is Oc1ccc(Cl)c2c1NC(Nc1ccccc1Br)=NS2. The van der Waals surface area contributed by atoms with Gasteiger partial charge in [-0.15, -0.1) is 0 Å². The molecule has 0 spiro atoms. The highest BCUT2D eigenvalue weighted by molar-refractivity contribution is 9.10. The van der Waals surface area contributed by atoms with Gasteiger partial charge in [0, 0.05) is 16.4 Å². The third-order valence-electron chi connectivity index (χ3n) is 2.69. The third-order valence-corrected chi connectivity index (χ3v) is 4.69. The molecule has 0 aliphatic carbocycles. The van der Waals surface area contributed by atoms with E-state index in [-0.39, 0.29) is 5.75 Å². The van der Waals surface area contributed by atoms with Crippen molar-refractivity contribution in [2.24, 2.45) is 4.40 Å². The molecule has 7 heteroatoms. The van der Waals surface area contributed by atoms with Crippen molar-refractivity contribution in [3.05, 3.63) is 45.9 Å². The normalized spacial score (nSPS) is 13.2. The number of halogens is 2. The van der Waals surface area contributed by atoms with Crippen LogP contribution in [-0.2, 0) is 0 Å². The molecular weight excluding hydrogens is 362 g/mol. The lowest BCUT2D eigenvalue weighted by Crippen LogP contribution is -2.24. The van der Waals surface area contributed by atoms with Crippen molar-refractivity contribution >= 4 is 56.8 Å². The lowest BCUT2D eigenvalue weighted by atomic mass is 10.3. The molecular formula is C13H9BrClN3OS.